The van der Waals surface area contributed by atoms with E-state index in [9.17, 15) is 4.79 Å². The summed E-state index contributed by atoms with van der Waals surface area (Å²) in [6, 6.07) is 8.81. The van der Waals surface area contributed by atoms with E-state index in [4.69, 9.17) is 0 Å². The van der Waals surface area contributed by atoms with Gasteiger partial charge in [0.05, 0.1) is 6.42 Å². The van der Waals surface area contributed by atoms with Crippen molar-refractivity contribution in [2.24, 2.45) is 7.05 Å². The number of likely N-dealkylation sites (tertiary alicyclic amines) is 1. The number of amides is 1. The Morgan fingerprint density at radius 3 is 3.00 bits per heavy atom. The molecule has 1 aromatic heterocycles. The predicted molar refractivity (Wildman–Crippen MR) is 83.0 cm³/mol. The van der Waals surface area contributed by atoms with Crippen LogP contribution < -0.4 is 0 Å². The molecule has 0 spiro atoms. The van der Waals surface area contributed by atoms with Crippen LogP contribution in [0.25, 0.3) is 10.9 Å². The maximum atomic E-state index is 12.6. The maximum absolute atomic E-state index is 12.6. The zero-order valence-electron chi connectivity index (χ0n) is 11.6. The number of aromatic nitrogens is 1. The summed E-state index contributed by atoms with van der Waals surface area (Å²) in [7, 11) is 2.05. The van der Waals surface area contributed by atoms with Crippen LogP contribution >= 0.6 is 11.8 Å². The molecule has 2 aromatic rings. The van der Waals surface area contributed by atoms with E-state index >= 15 is 0 Å². The van der Waals surface area contributed by atoms with Gasteiger partial charge in [0.2, 0.25) is 5.91 Å². The average molecular weight is 286 g/mol. The molecule has 1 amide bonds. The van der Waals surface area contributed by atoms with Crippen LogP contribution in [0.5, 0.6) is 0 Å². The van der Waals surface area contributed by atoms with E-state index in [1.165, 1.54) is 17.3 Å². The second-order valence-corrected chi connectivity index (χ2v) is 7.18. The van der Waals surface area contributed by atoms with Gasteiger partial charge in [-0.15, -0.1) is 0 Å². The molecule has 0 N–H and O–H groups in total. The molecule has 3 heterocycles. The number of benzene rings is 1. The lowest BCUT2D eigenvalue weighted by Gasteiger charge is -2.26. The lowest BCUT2D eigenvalue weighted by Crippen LogP contribution is -2.40. The molecular weight excluding hydrogens is 268 g/mol. The summed E-state index contributed by atoms with van der Waals surface area (Å²) in [5.74, 6) is 1.43. The smallest absolute Gasteiger partial charge is 0.227 e. The highest BCUT2D eigenvalue weighted by molar-refractivity contribution is 8.00. The highest BCUT2D eigenvalue weighted by Crippen LogP contribution is 2.37. The Morgan fingerprint density at radius 1 is 1.40 bits per heavy atom. The zero-order valence-corrected chi connectivity index (χ0v) is 12.4. The van der Waals surface area contributed by atoms with E-state index in [1.54, 1.807) is 0 Å². The molecule has 2 atom stereocenters. The Labute approximate surface area is 122 Å². The number of thioether (sulfide) groups is 1. The number of aryl methyl sites for hydroxylation is 1. The van der Waals surface area contributed by atoms with Crippen molar-refractivity contribution in [3.8, 4) is 0 Å². The van der Waals surface area contributed by atoms with Gasteiger partial charge < -0.3 is 9.47 Å². The summed E-state index contributed by atoms with van der Waals surface area (Å²) in [6.07, 6.45) is 3.84. The van der Waals surface area contributed by atoms with E-state index in [2.05, 4.69) is 27.8 Å². The Hall–Kier alpha value is -1.42. The molecule has 2 aliphatic rings. The SMILES string of the molecule is Cn1cc(CC(=O)N2CC3CC2CS3)c2ccccc21. The molecule has 20 heavy (non-hydrogen) atoms. The van der Waals surface area contributed by atoms with Crippen LogP contribution in [0.1, 0.15) is 12.0 Å². The van der Waals surface area contributed by atoms with Crippen LogP contribution in [0.3, 0.4) is 0 Å². The van der Waals surface area contributed by atoms with Crippen molar-refractivity contribution >= 4 is 28.6 Å². The predicted octanol–water partition coefficient (Wildman–Crippen LogP) is 2.44. The van der Waals surface area contributed by atoms with Gasteiger partial charge in [-0.1, -0.05) is 18.2 Å². The fourth-order valence-corrected chi connectivity index (χ4v) is 4.97. The van der Waals surface area contributed by atoms with Crippen molar-refractivity contribution in [2.75, 3.05) is 12.3 Å². The highest BCUT2D eigenvalue weighted by Gasteiger charge is 2.40. The van der Waals surface area contributed by atoms with E-state index in [0.29, 0.717) is 23.6 Å². The van der Waals surface area contributed by atoms with Crippen LogP contribution in [0, 0.1) is 0 Å². The maximum Gasteiger partial charge on any atom is 0.227 e. The molecule has 4 rings (SSSR count). The topological polar surface area (TPSA) is 25.2 Å². The largest absolute Gasteiger partial charge is 0.350 e. The summed E-state index contributed by atoms with van der Waals surface area (Å²) in [6.45, 7) is 0.957. The van der Waals surface area contributed by atoms with Gasteiger partial charge in [0.1, 0.15) is 0 Å². The van der Waals surface area contributed by atoms with Gasteiger partial charge in [0.15, 0.2) is 0 Å². The molecule has 1 aromatic carbocycles. The Balaban J connectivity index is 1.60. The summed E-state index contributed by atoms with van der Waals surface area (Å²) < 4.78 is 2.12. The van der Waals surface area contributed by atoms with E-state index < -0.39 is 0 Å². The number of carbonyl (C=O) groups is 1. The van der Waals surface area contributed by atoms with Crippen molar-refractivity contribution < 1.29 is 4.79 Å². The summed E-state index contributed by atoms with van der Waals surface area (Å²) >= 11 is 2.03. The monoisotopic (exact) mass is 286 g/mol. The van der Waals surface area contributed by atoms with Crippen molar-refractivity contribution in [1.82, 2.24) is 9.47 Å². The second kappa shape index (κ2) is 4.55. The first-order valence-electron chi connectivity index (χ1n) is 7.16. The lowest BCUT2D eigenvalue weighted by atomic mass is 10.1. The van der Waals surface area contributed by atoms with Crippen LogP contribution in [-0.4, -0.2) is 39.0 Å². The van der Waals surface area contributed by atoms with Gasteiger partial charge >= 0.3 is 0 Å². The van der Waals surface area contributed by atoms with Crippen LogP contribution in [0.4, 0.5) is 0 Å². The molecule has 0 saturated carbocycles. The van der Waals surface area contributed by atoms with E-state index in [0.717, 1.165) is 17.9 Å². The lowest BCUT2D eigenvalue weighted by molar-refractivity contribution is -0.130. The van der Waals surface area contributed by atoms with Crippen molar-refractivity contribution in [3.63, 3.8) is 0 Å². The van der Waals surface area contributed by atoms with Crippen LogP contribution in [-0.2, 0) is 18.3 Å². The molecular formula is C16H18N2OS. The summed E-state index contributed by atoms with van der Waals surface area (Å²) in [5.41, 5.74) is 2.36. The third-order valence-corrected chi connectivity index (χ3v) is 5.93. The van der Waals surface area contributed by atoms with Gasteiger partial charge in [-0.05, 0) is 18.1 Å². The average Bonchev–Trinajstić information content (AvgIpc) is 3.15. The van der Waals surface area contributed by atoms with Gasteiger partial charge in [-0.2, -0.15) is 11.8 Å². The third-order valence-electron chi connectivity index (χ3n) is 4.54. The van der Waals surface area contributed by atoms with Crippen molar-refractivity contribution in [3.05, 3.63) is 36.0 Å². The molecule has 2 fully saturated rings. The molecule has 2 unspecified atom stereocenters. The molecule has 0 radical (unpaired) electrons. The number of nitrogens with zero attached hydrogens (tertiary/aromatic N) is 2. The number of hydrogen-bond donors (Lipinski definition) is 0. The first-order valence-corrected chi connectivity index (χ1v) is 8.21. The summed E-state index contributed by atoms with van der Waals surface area (Å²) in [4.78, 5) is 14.7. The minimum absolute atomic E-state index is 0.300. The van der Waals surface area contributed by atoms with Crippen LogP contribution in [0.15, 0.2) is 30.5 Å². The quantitative estimate of drug-likeness (QED) is 0.847. The normalized spacial score (nSPS) is 24.8. The van der Waals surface area contributed by atoms with E-state index in [1.807, 2.05) is 30.9 Å². The number of rotatable bonds is 2. The number of hydrogen-bond acceptors (Lipinski definition) is 2. The fraction of sp³-hybridized carbons (Fsp3) is 0.438. The highest BCUT2D eigenvalue weighted by atomic mass is 32.2. The standard InChI is InChI=1S/C16H18N2OS/c1-17-8-11(14-4-2-3-5-15(14)17)6-16(19)18-9-13-7-12(18)10-20-13/h2-5,8,12-13H,6-7,9-10H2,1H3. The molecule has 2 saturated heterocycles. The molecule has 2 bridgehead atoms. The Kier molecular flexibility index (Phi) is 2.81. The first-order chi connectivity index (χ1) is 9.72. The number of para-hydroxylation sites is 1. The van der Waals surface area contributed by atoms with E-state index in [-0.39, 0.29) is 0 Å². The zero-order chi connectivity index (χ0) is 13.7. The Morgan fingerprint density at radius 2 is 2.25 bits per heavy atom. The van der Waals surface area contributed by atoms with Gasteiger partial charge in [-0.3, -0.25) is 4.79 Å². The minimum atomic E-state index is 0.300. The molecule has 4 heteroatoms. The molecule has 0 aliphatic carbocycles. The number of fused-ring (bicyclic) bond motifs is 3. The fourth-order valence-electron chi connectivity index (χ4n) is 3.54. The van der Waals surface area contributed by atoms with Crippen LogP contribution in [0.2, 0.25) is 0 Å². The van der Waals surface area contributed by atoms with Crippen molar-refractivity contribution in [2.45, 2.75) is 24.1 Å². The first kappa shape index (κ1) is 12.3. The molecule has 104 valence electrons. The third kappa shape index (κ3) is 1.85. The molecule has 3 nitrogen and oxygen atoms in total. The summed E-state index contributed by atoms with van der Waals surface area (Å²) in [5, 5.41) is 1.90. The van der Waals surface area contributed by atoms with Gasteiger partial charge in [-0.25, -0.2) is 0 Å². The van der Waals surface area contributed by atoms with Gasteiger partial charge in [0.25, 0.3) is 0 Å². The Bertz CT molecular complexity index is 678. The second-order valence-electron chi connectivity index (χ2n) is 5.85. The minimum Gasteiger partial charge on any atom is -0.350 e. The van der Waals surface area contributed by atoms with Crippen molar-refractivity contribution in [1.29, 1.82) is 0 Å². The number of carbonyl (C=O) groups excluding carboxylic acids is 1. The molecule has 2 aliphatic heterocycles. The van der Waals surface area contributed by atoms with Gasteiger partial charge in [0, 0.05) is 47.7 Å².